The van der Waals surface area contributed by atoms with Gasteiger partial charge in [-0.3, -0.25) is 9.59 Å². The van der Waals surface area contributed by atoms with E-state index in [1.54, 1.807) is 6.08 Å². The monoisotopic (exact) mass is 1110 g/mol. The van der Waals surface area contributed by atoms with E-state index in [0.29, 0.717) is 19.4 Å². The molecule has 0 aliphatic carbocycles. The molecule has 468 valence electrons. The first-order valence-corrected chi connectivity index (χ1v) is 36.1. The van der Waals surface area contributed by atoms with Crippen molar-refractivity contribution in [1.82, 2.24) is 5.32 Å². The molecule has 3 N–H and O–H groups in total. The highest BCUT2D eigenvalue weighted by molar-refractivity contribution is 5.76. The summed E-state index contributed by atoms with van der Waals surface area (Å²) in [5.41, 5.74) is 0. The van der Waals surface area contributed by atoms with E-state index in [9.17, 15) is 19.8 Å². The summed E-state index contributed by atoms with van der Waals surface area (Å²) in [6, 6.07) is -0.627. The van der Waals surface area contributed by atoms with Gasteiger partial charge in [0.05, 0.1) is 25.4 Å². The van der Waals surface area contributed by atoms with Crippen molar-refractivity contribution in [3.63, 3.8) is 0 Å². The quantitative estimate of drug-likeness (QED) is 0.0320. The fourth-order valence-corrected chi connectivity index (χ4v) is 11.5. The van der Waals surface area contributed by atoms with Gasteiger partial charge in [-0.2, -0.15) is 0 Å². The summed E-state index contributed by atoms with van der Waals surface area (Å²) in [7, 11) is 0. The van der Waals surface area contributed by atoms with Crippen LogP contribution in [0.4, 0.5) is 0 Å². The number of nitrogens with one attached hydrogen (secondary N) is 1. The van der Waals surface area contributed by atoms with Crippen molar-refractivity contribution in [1.29, 1.82) is 0 Å². The van der Waals surface area contributed by atoms with Gasteiger partial charge in [0.2, 0.25) is 5.91 Å². The van der Waals surface area contributed by atoms with Gasteiger partial charge in [0.25, 0.3) is 0 Å². The summed E-state index contributed by atoms with van der Waals surface area (Å²) < 4.78 is 5.50. The zero-order valence-electron chi connectivity index (χ0n) is 53.6. The van der Waals surface area contributed by atoms with Crippen molar-refractivity contribution in [2.75, 3.05) is 13.2 Å². The minimum Gasteiger partial charge on any atom is -0.466 e. The van der Waals surface area contributed by atoms with Crippen LogP contribution < -0.4 is 5.32 Å². The summed E-state index contributed by atoms with van der Waals surface area (Å²) in [5.74, 6) is -0.0514. The number of hydrogen-bond donors (Lipinski definition) is 3. The van der Waals surface area contributed by atoms with Crippen molar-refractivity contribution >= 4 is 11.9 Å². The van der Waals surface area contributed by atoms with Crippen LogP contribution in [0.3, 0.4) is 0 Å². The highest BCUT2D eigenvalue weighted by atomic mass is 16.5. The summed E-state index contributed by atoms with van der Waals surface area (Å²) in [6.45, 7) is 4.94. The van der Waals surface area contributed by atoms with E-state index in [4.69, 9.17) is 4.74 Å². The third kappa shape index (κ3) is 65.4. The molecule has 0 saturated carbocycles. The molecule has 0 aliphatic heterocycles. The molecule has 2 atom stereocenters. The van der Waals surface area contributed by atoms with Gasteiger partial charge in [-0.05, 0) is 57.8 Å². The van der Waals surface area contributed by atoms with Crippen LogP contribution in [-0.2, 0) is 14.3 Å². The Morgan fingerprint density at radius 3 is 0.899 bits per heavy atom. The van der Waals surface area contributed by atoms with Crippen LogP contribution in [0.25, 0.3) is 0 Å². The third-order valence-corrected chi connectivity index (χ3v) is 17.0. The number of allylic oxidation sites excluding steroid dienone is 3. The lowest BCUT2D eigenvalue weighted by Crippen LogP contribution is -2.45. The highest BCUT2D eigenvalue weighted by Crippen LogP contribution is 2.19. The number of aliphatic hydroxyl groups is 2. The Morgan fingerprint density at radius 2 is 0.595 bits per heavy atom. The standard InChI is InChI=1S/C73H141NO5/c1-3-5-7-9-11-13-15-17-19-21-22-31-34-37-41-45-49-53-57-61-65-71(76)70(69-75)74-72(77)66-62-58-54-50-46-42-38-35-32-29-27-25-23-24-26-28-30-33-36-40-44-48-52-56-60-64-68-79-73(78)67-63-59-55-51-47-43-39-20-18-16-14-12-10-8-6-4-2/h20,39,61,65,70-71,75-76H,3-19,21-38,40-60,62-64,66-69H2,1-2H3,(H,74,77)/b39-20-,65-61+. The number of carbonyl (C=O) groups is 2. The minimum absolute atomic E-state index is 0.0103. The number of hydrogen-bond acceptors (Lipinski definition) is 5. The molecule has 6 nitrogen and oxygen atoms in total. The Bertz CT molecular complexity index is 1230. The lowest BCUT2D eigenvalue weighted by atomic mass is 10.0. The van der Waals surface area contributed by atoms with Gasteiger partial charge in [0.1, 0.15) is 0 Å². The fourth-order valence-electron chi connectivity index (χ4n) is 11.5. The summed E-state index contributed by atoms with van der Waals surface area (Å²) in [6.07, 6.45) is 86.9. The molecular weight excluding hydrogens is 971 g/mol. The number of ether oxygens (including phenoxy) is 1. The second kappa shape index (κ2) is 68.8. The summed E-state index contributed by atoms with van der Waals surface area (Å²) in [4.78, 5) is 24.6. The van der Waals surface area contributed by atoms with Crippen molar-refractivity contribution in [3.8, 4) is 0 Å². The van der Waals surface area contributed by atoms with E-state index >= 15 is 0 Å². The third-order valence-electron chi connectivity index (χ3n) is 17.0. The largest absolute Gasteiger partial charge is 0.466 e. The molecule has 79 heavy (non-hydrogen) atoms. The van der Waals surface area contributed by atoms with Gasteiger partial charge >= 0.3 is 5.97 Å². The van der Waals surface area contributed by atoms with Crippen LogP contribution in [0.2, 0.25) is 0 Å². The smallest absolute Gasteiger partial charge is 0.305 e. The van der Waals surface area contributed by atoms with Gasteiger partial charge in [0.15, 0.2) is 0 Å². The van der Waals surface area contributed by atoms with E-state index in [2.05, 4.69) is 31.3 Å². The van der Waals surface area contributed by atoms with Crippen LogP contribution in [-0.4, -0.2) is 47.4 Å². The van der Waals surface area contributed by atoms with E-state index in [0.717, 1.165) is 44.9 Å². The predicted octanol–water partition coefficient (Wildman–Crippen LogP) is 23.3. The average molecular weight is 1110 g/mol. The average Bonchev–Trinajstić information content (AvgIpc) is 3.45. The van der Waals surface area contributed by atoms with Gasteiger partial charge in [-0.1, -0.05) is 359 Å². The molecule has 2 unspecified atom stereocenters. The zero-order valence-corrected chi connectivity index (χ0v) is 53.6. The maximum absolute atomic E-state index is 12.5. The van der Waals surface area contributed by atoms with E-state index in [-0.39, 0.29) is 18.5 Å². The molecule has 6 heteroatoms. The van der Waals surface area contributed by atoms with Crippen molar-refractivity contribution in [2.45, 2.75) is 418 Å². The zero-order chi connectivity index (χ0) is 57.1. The number of aliphatic hydroxyl groups excluding tert-OH is 2. The summed E-state index contributed by atoms with van der Waals surface area (Å²) >= 11 is 0. The Kier molecular flexibility index (Phi) is 67.4. The first kappa shape index (κ1) is 77.3. The van der Waals surface area contributed by atoms with Crippen LogP contribution >= 0.6 is 0 Å². The molecule has 0 rings (SSSR count). The maximum Gasteiger partial charge on any atom is 0.305 e. The number of carbonyl (C=O) groups excluding carboxylic acids is 2. The van der Waals surface area contributed by atoms with E-state index in [1.807, 2.05) is 6.08 Å². The molecule has 0 aromatic carbocycles. The normalized spacial score (nSPS) is 12.6. The lowest BCUT2D eigenvalue weighted by Gasteiger charge is -2.20. The number of esters is 1. The van der Waals surface area contributed by atoms with E-state index < -0.39 is 12.1 Å². The van der Waals surface area contributed by atoms with Gasteiger partial charge in [-0.25, -0.2) is 0 Å². The van der Waals surface area contributed by atoms with Crippen molar-refractivity contribution < 1.29 is 24.5 Å². The number of unbranched alkanes of at least 4 members (excludes halogenated alkanes) is 55. The Balaban J connectivity index is 3.38. The minimum atomic E-state index is -0.844. The highest BCUT2D eigenvalue weighted by Gasteiger charge is 2.18. The predicted molar refractivity (Wildman–Crippen MR) is 347 cm³/mol. The molecule has 0 radical (unpaired) electrons. The molecule has 0 saturated heterocycles. The van der Waals surface area contributed by atoms with Gasteiger partial charge < -0.3 is 20.3 Å². The Morgan fingerprint density at radius 1 is 0.342 bits per heavy atom. The fraction of sp³-hybridized carbons (Fsp3) is 0.918. The second-order valence-electron chi connectivity index (χ2n) is 24.9. The molecule has 0 fully saturated rings. The van der Waals surface area contributed by atoms with Gasteiger partial charge in [0, 0.05) is 12.8 Å². The molecule has 0 spiro atoms. The number of amides is 1. The second-order valence-corrected chi connectivity index (χ2v) is 24.9. The lowest BCUT2D eigenvalue weighted by molar-refractivity contribution is -0.143. The maximum atomic E-state index is 12.5. The van der Waals surface area contributed by atoms with Crippen LogP contribution in [0.1, 0.15) is 406 Å². The van der Waals surface area contributed by atoms with Crippen molar-refractivity contribution in [2.24, 2.45) is 0 Å². The van der Waals surface area contributed by atoms with Crippen molar-refractivity contribution in [3.05, 3.63) is 24.3 Å². The van der Waals surface area contributed by atoms with Gasteiger partial charge in [-0.15, -0.1) is 0 Å². The van der Waals surface area contributed by atoms with E-state index in [1.165, 1.54) is 334 Å². The molecule has 0 aromatic heterocycles. The summed E-state index contributed by atoms with van der Waals surface area (Å²) in [5, 5.41) is 23.2. The number of rotatable bonds is 68. The van der Waals surface area contributed by atoms with Crippen LogP contribution in [0.5, 0.6) is 0 Å². The topological polar surface area (TPSA) is 95.9 Å². The molecule has 1 amide bonds. The Hall–Kier alpha value is -1.66. The first-order valence-electron chi connectivity index (χ1n) is 36.1. The molecule has 0 aliphatic rings. The first-order chi connectivity index (χ1) is 39.0. The SMILES string of the molecule is CCCCCCCCC/C=C\CCCCCCCC(=O)OCCCCCCCCCCCCCCCCCCCCCCCCCCCCC(=O)NC(CO)C(O)/C=C/CCCCCCCCCCCCCCCCCCCC. The molecule has 0 aromatic rings. The van der Waals surface area contributed by atoms with Crippen LogP contribution in [0.15, 0.2) is 24.3 Å². The Labute approximate surface area is 494 Å². The molecule has 0 bridgehead atoms. The molecule has 0 heterocycles. The van der Waals surface area contributed by atoms with Crippen LogP contribution in [0, 0.1) is 0 Å². The molecular formula is C73H141NO5.